The Kier molecular flexibility index (Phi) is 21.2. The van der Waals surface area contributed by atoms with E-state index in [0.29, 0.717) is 54.9 Å². The fourth-order valence-corrected chi connectivity index (χ4v) is 9.54. The third-order valence-corrected chi connectivity index (χ3v) is 14.0. The Bertz CT molecular complexity index is 2600. The highest BCUT2D eigenvalue weighted by molar-refractivity contribution is 6.30. The number of aliphatic imine (C=N–C) groups is 1. The van der Waals surface area contributed by atoms with E-state index in [1.165, 1.54) is 0 Å². The molecule has 15 N–H and O–H groups in total. The zero-order valence-electron chi connectivity index (χ0n) is 42.4. The predicted molar refractivity (Wildman–Crippen MR) is 287 cm³/mol. The summed E-state index contributed by atoms with van der Waals surface area (Å²) < 4.78 is 0. The molecule has 2 fully saturated rings. The van der Waals surface area contributed by atoms with Crippen molar-refractivity contribution in [3.63, 3.8) is 0 Å². The number of aromatic amines is 1. The molecule has 22 heteroatoms. The summed E-state index contributed by atoms with van der Waals surface area (Å²) in [5.41, 5.74) is 18.6. The third kappa shape index (κ3) is 16.9. The lowest BCUT2D eigenvalue weighted by Crippen LogP contribution is -2.69. The van der Waals surface area contributed by atoms with Gasteiger partial charge in [0.05, 0.1) is 18.0 Å². The van der Waals surface area contributed by atoms with Crippen LogP contribution in [0.1, 0.15) is 88.7 Å². The molecule has 0 aliphatic carbocycles. The molecule has 3 heterocycles. The van der Waals surface area contributed by atoms with Crippen LogP contribution in [0, 0.1) is 0 Å². The highest BCUT2D eigenvalue weighted by Crippen LogP contribution is 2.30. The SMILES string of the molecule is CCCCC(=O)N[C@H]1CC(=O)NCCCC[C@@H](C(N)=O)NC(=O)[C@H](Cc2c[nH]c3ccccc23)NC(=O)[C@H](CCCN=C(N)N)NC(=O)[C@@H](Cc2ccccc2)NC(O)C2(CCN(c3ccc(Cl)cc3)CC2)NC1=O. The summed E-state index contributed by atoms with van der Waals surface area (Å²) in [6, 6.07) is 17.3. The summed E-state index contributed by atoms with van der Waals surface area (Å²) in [6.07, 6.45) is 2.24. The first-order valence-corrected chi connectivity index (χ1v) is 26.1. The van der Waals surface area contributed by atoms with Crippen molar-refractivity contribution in [2.45, 2.75) is 132 Å². The minimum atomic E-state index is -1.63. The number of fused-ring (bicyclic) bond motifs is 1. The first kappa shape index (κ1) is 57.1. The number of carbonyl (C=O) groups is 7. The maximum atomic E-state index is 14.9. The van der Waals surface area contributed by atoms with Crippen LogP contribution in [0.4, 0.5) is 5.69 Å². The second-order valence-corrected chi connectivity index (χ2v) is 19.7. The lowest BCUT2D eigenvalue weighted by molar-refractivity contribution is -0.136. The smallest absolute Gasteiger partial charge is 0.243 e. The number of carbonyl (C=O) groups excluding carboxylic acids is 7. The number of para-hydroxylation sites is 1. The van der Waals surface area contributed by atoms with Crippen LogP contribution in [0.25, 0.3) is 10.9 Å². The third-order valence-electron chi connectivity index (χ3n) is 13.7. The van der Waals surface area contributed by atoms with Crippen LogP contribution in [0.2, 0.25) is 5.02 Å². The number of anilines is 1. The topological polar surface area (TPSA) is 333 Å². The normalized spacial score (nSPS) is 22.7. The monoisotopic (exact) mass is 1050 g/mol. The predicted octanol–water partition coefficient (Wildman–Crippen LogP) is 1.40. The molecule has 0 saturated carbocycles. The van der Waals surface area contributed by atoms with Gasteiger partial charge in [0.1, 0.15) is 30.4 Å². The number of aliphatic hydroxyl groups is 1. The van der Waals surface area contributed by atoms with Crippen molar-refractivity contribution in [3.8, 4) is 0 Å². The van der Waals surface area contributed by atoms with Gasteiger partial charge in [0, 0.05) is 66.8 Å². The van der Waals surface area contributed by atoms with Gasteiger partial charge in [-0.05, 0) is 99.2 Å². The van der Waals surface area contributed by atoms with E-state index < -0.39 is 89.7 Å². The molecule has 75 heavy (non-hydrogen) atoms. The number of halogens is 1. The van der Waals surface area contributed by atoms with Crippen LogP contribution in [-0.2, 0) is 46.4 Å². The molecule has 3 aromatic carbocycles. The van der Waals surface area contributed by atoms with Crippen molar-refractivity contribution in [1.29, 1.82) is 0 Å². The Morgan fingerprint density at radius 1 is 0.813 bits per heavy atom. The molecule has 21 nitrogen and oxygen atoms in total. The average Bonchev–Trinajstić information content (AvgIpc) is 3.80. The number of amides is 7. The van der Waals surface area contributed by atoms with Gasteiger partial charge in [-0.25, -0.2) is 0 Å². The average molecular weight is 1050 g/mol. The van der Waals surface area contributed by atoms with Gasteiger partial charge in [0.15, 0.2) is 5.96 Å². The van der Waals surface area contributed by atoms with Crippen LogP contribution in [0.5, 0.6) is 0 Å². The van der Waals surface area contributed by atoms with Crippen LogP contribution in [0.3, 0.4) is 0 Å². The first-order chi connectivity index (χ1) is 36.0. The first-order valence-electron chi connectivity index (χ1n) is 25.7. The Morgan fingerprint density at radius 2 is 1.49 bits per heavy atom. The van der Waals surface area contributed by atoms with E-state index in [2.05, 4.69) is 52.1 Å². The molecule has 2 aliphatic rings. The molecule has 1 unspecified atom stereocenters. The summed E-state index contributed by atoms with van der Waals surface area (Å²) in [7, 11) is 0. The molecule has 4 aromatic rings. The number of primary amides is 1. The molecule has 0 radical (unpaired) electrons. The van der Waals surface area contributed by atoms with Gasteiger partial charge in [-0.2, -0.15) is 0 Å². The van der Waals surface area contributed by atoms with Crippen molar-refractivity contribution in [2.75, 3.05) is 31.1 Å². The molecule has 6 atom stereocenters. The van der Waals surface area contributed by atoms with E-state index in [9.17, 15) is 38.7 Å². The van der Waals surface area contributed by atoms with Gasteiger partial charge in [0.2, 0.25) is 41.4 Å². The number of nitrogens with two attached hydrogens (primary N) is 3. The van der Waals surface area contributed by atoms with Crippen molar-refractivity contribution in [2.24, 2.45) is 22.2 Å². The molecule has 2 aliphatic heterocycles. The van der Waals surface area contributed by atoms with Crippen LogP contribution in [0.15, 0.2) is 90.1 Å². The molecular formula is C53H72ClN13O8. The Morgan fingerprint density at radius 3 is 2.20 bits per heavy atom. The molecule has 2 saturated heterocycles. The maximum Gasteiger partial charge on any atom is 0.243 e. The molecule has 404 valence electrons. The number of H-pyrrole nitrogens is 1. The van der Waals surface area contributed by atoms with Gasteiger partial charge >= 0.3 is 0 Å². The lowest BCUT2D eigenvalue weighted by atomic mass is 9.84. The van der Waals surface area contributed by atoms with E-state index in [-0.39, 0.29) is 70.4 Å². The number of benzene rings is 3. The highest BCUT2D eigenvalue weighted by Gasteiger charge is 2.45. The summed E-state index contributed by atoms with van der Waals surface area (Å²) in [5.74, 6) is -4.85. The fraction of sp³-hybridized carbons (Fsp3) is 0.472. The Balaban J connectivity index is 1.39. The largest absolute Gasteiger partial charge is 0.376 e. The number of hydrogen-bond acceptors (Lipinski definition) is 11. The van der Waals surface area contributed by atoms with E-state index in [0.717, 1.165) is 16.6 Å². The minimum Gasteiger partial charge on any atom is -0.376 e. The number of aromatic nitrogens is 1. The molecular weight excluding hydrogens is 982 g/mol. The molecule has 1 aromatic heterocycles. The summed E-state index contributed by atoms with van der Waals surface area (Å²) in [4.78, 5) is 108. The lowest BCUT2D eigenvalue weighted by Gasteiger charge is -2.47. The van der Waals surface area contributed by atoms with Crippen LogP contribution in [-0.4, -0.2) is 126 Å². The van der Waals surface area contributed by atoms with E-state index >= 15 is 0 Å². The molecule has 0 bridgehead atoms. The number of nitrogens with one attached hydrogen (secondary N) is 8. The van der Waals surface area contributed by atoms with Gasteiger partial charge in [-0.15, -0.1) is 0 Å². The van der Waals surface area contributed by atoms with Crippen LogP contribution >= 0.6 is 11.6 Å². The molecule has 6 rings (SSSR count). The van der Waals surface area contributed by atoms with E-state index in [1.807, 2.05) is 49.4 Å². The van der Waals surface area contributed by atoms with Gasteiger partial charge in [-0.1, -0.05) is 73.5 Å². The summed E-state index contributed by atoms with van der Waals surface area (Å²) in [5, 5.41) is 34.1. The van der Waals surface area contributed by atoms with E-state index in [1.54, 1.807) is 42.6 Å². The maximum absolute atomic E-state index is 14.9. The fourth-order valence-electron chi connectivity index (χ4n) is 9.42. The van der Waals surface area contributed by atoms with Gasteiger partial charge < -0.3 is 64.1 Å². The van der Waals surface area contributed by atoms with Gasteiger partial charge in [-0.3, -0.25) is 43.9 Å². The minimum absolute atomic E-state index is 0.00104. The molecule has 1 spiro atoms. The van der Waals surface area contributed by atoms with E-state index in [4.69, 9.17) is 28.8 Å². The van der Waals surface area contributed by atoms with Gasteiger partial charge in [0.25, 0.3) is 0 Å². The standard InChI is InChI=1S/C53H72ClN13O8/c1-2-3-18-44(68)61-43-31-45(69)58-25-10-9-16-39(46(55)70)62-49(73)42(30-34-32-60-38-15-8-7-14-37(34)38)64-47(71)40(17-11-26-59-52(56)57)63-48(72)41(29-33-12-5-4-6-13-33)65-51(75)53(66-50(43)74)23-27-67(28-24-53)36-21-19-35(54)20-22-36/h4-8,12-15,19-22,32,39-43,51,60,65,75H,2-3,9-11,16-18,23-31H2,1H3,(H2,55,70)(H,58,69)(H,61,68)(H,62,73)(H,63,72)(H,64,71)(H,66,74)(H4,56,57,59)/t39-,40-,41+,42-,43-,51?/m0/s1. The number of rotatable bonds is 14. The number of guanidine groups is 1. The zero-order valence-corrected chi connectivity index (χ0v) is 43.1. The number of aliphatic hydroxyl groups excluding tert-OH is 1. The quantitative estimate of drug-likeness (QED) is 0.0485. The number of piperidine rings is 1. The molecule has 7 amide bonds. The second kappa shape index (κ2) is 27.9. The van der Waals surface area contributed by atoms with Crippen molar-refractivity contribution in [3.05, 3.63) is 101 Å². The number of unbranched alkanes of at least 4 members (excludes halogenated alkanes) is 1. The zero-order chi connectivity index (χ0) is 53.9. The Hall–Kier alpha value is -7.23. The van der Waals surface area contributed by atoms with Crippen molar-refractivity contribution in [1.82, 2.24) is 42.2 Å². The Labute approximate surface area is 441 Å². The van der Waals surface area contributed by atoms with Crippen molar-refractivity contribution < 1.29 is 38.7 Å². The second-order valence-electron chi connectivity index (χ2n) is 19.3. The number of nitrogens with zero attached hydrogens (tertiary/aromatic N) is 2. The number of hydrogen-bond donors (Lipinski definition) is 12. The van der Waals surface area contributed by atoms with Crippen molar-refractivity contribution >= 4 is 75.5 Å². The highest BCUT2D eigenvalue weighted by atomic mass is 35.5. The van der Waals surface area contributed by atoms with Crippen LogP contribution < -0.4 is 59.3 Å². The summed E-state index contributed by atoms with van der Waals surface area (Å²) in [6.45, 7) is 2.79. The summed E-state index contributed by atoms with van der Waals surface area (Å²) >= 11 is 6.22.